The highest BCUT2D eigenvalue weighted by atomic mass is 31.2. The number of nitrogens with one attached hydrogen (secondary N) is 1. The Hall–Kier alpha value is -2.06. The van der Waals surface area contributed by atoms with Gasteiger partial charge in [0.15, 0.2) is 0 Å². The molecule has 378 valence electrons. The first-order valence-electron chi connectivity index (χ1n) is 26.8. The number of quaternary nitrogens is 1. The van der Waals surface area contributed by atoms with Gasteiger partial charge in [-0.15, -0.1) is 0 Å². The summed E-state index contributed by atoms with van der Waals surface area (Å²) in [5.41, 5.74) is 0. The van der Waals surface area contributed by atoms with Crippen molar-refractivity contribution in [3.8, 4) is 0 Å². The molecule has 3 atom stereocenters. The topological polar surface area (TPSA) is 105 Å². The maximum Gasteiger partial charge on any atom is 0.472 e. The molecule has 0 aliphatic carbocycles. The van der Waals surface area contributed by atoms with E-state index in [-0.39, 0.29) is 19.1 Å². The molecule has 3 N–H and O–H groups in total. The van der Waals surface area contributed by atoms with Gasteiger partial charge in [0.1, 0.15) is 13.2 Å². The number of nitrogens with zero attached hydrogens (tertiary/aromatic N) is 1. The number of carbonyl (C=O) groups excluding carboxylic acids is 1. The zero-order valence-corrected chi connectivity index (χ0v) is 43.9. The smallest absolute Gasteiger partial charge is 0.387 e. The van der Waals surface area contributed by atoms with Crippen molar-refractivity contribution in [3.05, 3.63) is 72.9 Å². The van der Waals surface area contributed by atoms with Gasteiger partial charge >= 0.3 is 7.82 Å². The summed E-state index contributed by atoms with van der Waals surface area (Å²) in [6.45, 7) is 4.66. The molecule has 3 unspecified atom stereocenters. The Kier molecular flexibility index (Phi) is 45.5. The Morgan fingerprint density at radius 2 is 0.938 bits per heavy atom. The van der Waals surface area contributed by atoms with Crippen molar-refractivity contribution >= 4 is 13.7 Å². The number of amides is 1. The molecule has 0 spiro atoms. The number of aliphatic hydroxyl groups is 1. The van der Waals surface area contributed by atoms with E-state index in [4.69, 9.17) is 9.05 Å². The minimum atomic E-state index is -4.36. The van der Waals surface area contributed by atoms with Gasteiger partial charge in [0.25, 0.3) is 0 Å². The predicted octanol–water partition coefficient (Wildman–Crippen LogP) is 15.9. The van der Waals surface area contributed by atoms with Crippen molar-refractivity contribution in [1.29, 1.82) is 0 Å². The van der Waals surface area contributed by atoms with Crippen molar-refractivity contribution in [3.63, 3.8) is 0 Å². The lowest BCUT2D eigenvalue weighted by Crippen LogP contribution is -2.45. The van der Waals surface area contributed by atoms with Crippen LogP contribution in [0.15, 0.2) is 72.9 Å². The fourth-order valence-corrected chi connectivity index (χ4v) is 8.18. The molecular weight excluding hydrogens is 828 g/mol. The van der Waals surface area contributed by atoms with Gasteiger partial charge in [0.05, 0.1) is 39.9 Å². The monoisotopic (exact) mass is 932 g/mol. The standard InChI is InChI=1S/C56H103N2O6P/c1-6-8-10-12-14-16-18-20-22-23-24-25-26-27-28-29-30-31-32-33-34-36-37-39-41-43-45-47-49-55(59)54(53-64-65(61,62)63-52-51-58(3,4)5)57-56(60)50-48-46-44-42-40-38-35-21-19-17-15-13-11-9-7-2/h9,11,15,17,21,33-35,39,41,47,49,54-55,59H,6-8,10,12-14,16,18-20,22-32,36-38,40,42-46,48,50-53H2,1-5H3,(H-,57,60,61,62)/p+1/b11-9-,17-15-,34-33+,35-21-,41-39+,49-47+. The molecule has 0 bridgehead atoms. The average Bonchev–Trinajstić information content (AvgIpc) is 3.26. The number of unbranched alkanes of at least 4 members (excludes halogenated alkanes) is 25. The fraction of sp³-hybridized carbons (Fsp3) is 0.768. The van der Waals surface area contributed by atoms with Gasteiger partial charge in [-0.2, -0.15) is 0 Å². The molecule has 8 nitrogen and oxygen atoms in total. The van der Waals surface area contributed by atoms with Crippen LogP contribution < -0.4 is 5.32 Å². The van der Waals surface area contributed by atoms with Crippen molar-refractivity contribution in [2.45, 2.75) is 238 Å². The van der Waals surface area contributed by atoms with Crippen LogP contribution in [-0.4, -0.2) is 73.4 Å². The SMILES string of the molecule is CC/C=C\C/C=C\C/C=C\CCCCCCCC(=O)NC(COP(=O)(O)OCC[N+](C)(C)C)C(O)/C=C/CC/C=C/CC/C=C/CCCCCCCCCCCCCCCCCCCC. The molecule has 0 rings (SSSR count). The lowest BCUT2D eigenvalue weighted by atomic mass is 10.0. The van der Waals surface area contributed by atoms with Gasteiger partial charge in [0.2, 0.25) is 5.91 Å². The van der Waals surface area contributed by atoms with Gasteiger partial charge in [-0.1, -0.05) is 215 Å². The van der Waals surface area contributed by atoms with Gasteiger partial charge in [-0.05, 0) is 77.0 Å². The number of rotatable bonds is 48. The van der Waals surface area contributed by atoms with Crippen LogP contribution in [0.1, 0.15) is 226 Å². The van der Waals surface area contributed by atoms with E-state index in [1.165, 1.54) is 122 Å². The first kappa shape index (κ1) is 62.9. The highest BCUT2D eigenvalue weighted by molar-refractivity contribution is 7.47. The maximum absolute atomic E-state index is 12.9. The van der Waals surface area contributed by atoms with E-state index in [2.05, 4.69) is 79.9 Å². The minimum absolute atomic E-state index is 0.0467. The van der Waals surface area contributed by atoms with E-state index in [1.807, 2.05) is 27.2 Å². The van der Waals surface area contributed by atoms with E-state index in [1.54, 1.807) is 6.08 Å². The van der Waals surface area contributed by atoms with Crippen LogP contribution in [0.3, 0.4) is 0 Å². The molecule has 0 aromatic rings. The van der Waals surface area contributed by atoms with Crippen LogP contribution in [0.4, 0.5) is 0 Å². The number of carbonyl (C=O) groups is 1. The molecule has 9 heteroatoms. The van der Waals surface area contributed by atoms with Crippen LogP contribution in [0, 0.1) is 0 Å². The van der Waals surface area contributed by atoms with Crippen LogP contribution in [0.2, 0.25) is 0 Å². The van der Waals surface area contributed by atoms with E-state index < -0.39 is 20.0 Å². The highest BCUT2D eigenvalue weighted by Gasteiger charge is 2.27. The Balaban J connectivity index is 4.31. The fourth-order valence-electron chi connectivity index (χ4n) is 7.44. The van der Waals surface area contributed by atoms with Gasteiger partial charge in [-0.3, -0.25) is 13.8 Å². The third kappa shape index (κ3) is 49.7. The van der Waals surface area contributed by atoms with Crippen molar-refractivity contribution < 1.29 is 32.9 Å². The summed E-state index contributed by atoms with van der Waals surface area (Å²) in [4.78, 5) is 23.2. The Bertz CT molecular complexity index is 1290. The predicted molar refractivity (Wildman–Crippen MR) is 281 cm³/mol. The maximum atomic E-state index is 12.9. The van der Waals surface area contributed by atoms with Gasteiger partial charge < -0.3 is 19.8 Å². The van der Waals surface area contributed by atoms with E-state index in [0.29, 0.717) is 17.4 Å². The second-order valence-electron chi connectivity index (χ2n) is 19.2. The van der Waals surface area contributed by atoms with Crippen LogP contribution in [-0.2, 0) is 18.4 Å². The summed E-state index contributed by atoms with van der Waals surface area (Å²) in [5, 5.41) is 13.9. The van der Waals surface area contributed by atoms with E-state index >= 15 is 0 Å². The zero-order valence-electron chi connectivity index (χ0n) is 43.0. The Morgan fingerprint density at radius 3 is 1.42 bits per heavy atom. The van der Waals surface area contributed by atoms with E-state index in [9.17, 15) is 19.4 Å². The molecule has 0 aromatic heterocycles. The normalized spacial score (nSPS) is 14.6. The third-order valence-corrected chi connectivity index (χ3v) is 12.6. The number of hydrogen-bond acceptors (Lipinski definition) is 5. The lowest BCUT2D eigenvalue weighted by molar-refractivity contribution is -0.870. The summed E-state index contributed by atoms with van der Waals surface area (Å²) in [7, 11) is 1.53. The summed E-state index contributed by atoms with van der Waals surface area (Å²) in [6.07, 6.45) is 64.4. The summed E-state index contributed by atoms with van der Waals surface area (Å²) < 4.78 is 23.6. The number of likely N-dealkylation sites (N-methyl/N-ethyl adjacent to an activating group) is 1. The van der Waals surface area contributed by atoms with Crippen molar-refractivity contribution in [1.82, 2.24) is 5.32 Å². The Morgan fingerprint density at radius 1 is 0.538 bits per heavy atom. The first-order chi connectivity index (χ1) is 31.5. The van der Waals surface area contributed by atoms with Crippen LogP contribution in [0.25, 0.3) is 0 Å². The molecule has 0 saturated carbocycles. The van der Waals surface area contributed by atoms with Crippen LogP contribution >= 0.6 is 7.82 Å². The number of phosphoric ester groups is 1. The van der Waals surface area contributed by atoms with Gasteiger partial charge in [-0.25, -0.2) is 4.57 Å². The van der Waals surface area contributed by atoms with Crippen LogP contribution in [0.5, 0.6) is 0 Å². The molecule has 0 fully saturated rings. The summed E-state index contributed by atoms with van der Waals surface area (Å²) >= 11 is 0. The molecule has 0 aliphatic heterocycles. The molecule has 0 aliphatic rings. The second kappa shape index (κ2) is 47.0. The lowest BCUT2D eigenvalue weighted by Gasteiger charge is -2.25. The average molecular weight is 932 g/mol. The molecule has 65 heavy (non-hydrogen) atoms. The minimum Gasteiger partial charge on any atom is -0.387 e. The largest absolute Gasteiger partial charge is 0.472 e. The molecular formula is C56H104N2O6P+. The number of allylic oxidation sites excluding steroid dienone is 11. The summed E-state index contributed by atoms with van der Waals surface area (Å²) in [6, 6.07) is -0.882. The van der Waals surface area contributed by atoms with Crippen molar-refractivity contribution in [2.24, 2.45) is 0 Å². The molecule has 1 amide bonds. The molecule has 0 heterocycles. The molecule has 0 radical (unpaired) electrons. The van der Waals surface area contributed by atoms with Crippen molar-refractivity contribution in [2.75, 3.05) is 40.9 Å². The highest BCUT2D eigenvalue weighted by Crippen LogP contribution is 2.43. The second-order valence-corrected chi connectivity index (χ2v) is 20.7. The Labute approximate surface area is 402 Å². The van der Waals surface area contributed by atoms with Gasteiger partial charge in [0, 0.05) is 6.42 Å². The molecule has 0 aromatic carbocycles. The third-order valence-electron chi connectivity index (χ3n) is 11.6. The molecule has 0 saturated heterocycles. The quantitative estimate of drug-likeness (QED) is 0.0243. The first-order valence-corrected chi connectivity index (χ1v) is 28.3. The number of hydrogen-bond donors (Lipinski definition) is 3. The number of aliphatic hydroxyl groups excluding tert-OH is 1. The van der Waals surface area contributed by atoms with E-state index in [0.717, 1.165) is 83.5 Å². The number of phosphoric acid groups is 1. The summed E-state index contributed by atoms with van der Waals surface area (Å²) in [5.74, 6) is -0.210. The zero-order chi connectivity index (χ0) is 47.8.